The van der Waals surface area contributed by atoms with Crippen molar-refractivity contribution in [2.45, 2.75) is 39.2 Å². The normalized spacial score (nSPS) is 28.2. The van der Waals surface area contributed by atoms with Gasteiger partial charge in [-0.2, -0.15) is 0 Å². The second-order valence-corrected chi connectivity index (χ2v) is 7.79. The summed E-state index contributed by atoms with van der Waals surface area (Å²) in [6, 6.07) is 0.190. The van der Waals surface area contributed by atoms with Crippen molar-refractivity contribution in [2.24, 2.45) is 11.8 Å². The standard InChI is InChI=1S/C16H27N3O3/c1-16(2,3)22-15(21)19-10-12-8-18(9-13(12)11-19)14(20)17-6-4-5-7-17/h12-13H,4-11H2,1-3H3. The minimum Gasteiger partial charge on any atom is -0.444 e. The number of amides is 3. The molecule has 0 N–H and O–H groups in total. The van der Waals surface area contributed by atoms with Gasteiger partial charge in [0.15, 0.2) is 0 Å². The first kappa shape index (κ1) is 15.4. The van der Waals surface area contributed by atoms with E-state index in [-0.39, 0.29) is 12.1 Å². The Hall–Kier alpha value is -1.46. The Kier molecular flexibility index (Phi) is 3.95. The number of rotatable bonds is 0. The fourth-order valence-corrected chi connectivity index (χ4v) is 3.73. The third kappa shape index (κ3) is 3.15. The summed E-state index contributed by atoms with van der Waals surface area (Å²) in [5.41, 5.74) is -0.452. The Morgan fingerprint density at radius 2 is 1.36 bits per heavy atom. The van der Waals surface area contributed by atoms with E-state index in [2.05, 4.69) is 0 Å². The highest BCUT2D eigenvalue weighted by Gasteiger charge is 2.44. The molecule has 3 heterocycles. The molecule has 3 aliphatic heterocycles. The molecule has 3 amide bonds. The summed E-state index contributed by atoms with van der Waals surface area (Å²) in [6.07, 6.45) is 2.02. The van der Waals surface area contributed by atoms with Gasteiger partial charge < -0.3 is 19.4 Å². The maximum atomic E-state index is 12.4. The molecule has 0 spiro atoms. The number of carbonyl (C=O) groups excluding carboxylic acids is 2. The zero-order valence-corrected chi connectivity index (χ0v) is 13.9. The number of nitrogens with zero attached hydrogens (tertiary/aromatic N) is 3. The van der Waals surface area contributed by atoms with Crippen molar-refractivity contribution < 1.29 is 14.3 Å². The van der Waals surface area contributed by atoms with E-state index in [0.717, 1.165) is 39.0 Å². The molecule has 3 fully saturated rings. The quantitative estimate of drug-likeness (QED) is 0.688. The molecule has 0 saturated carbocycles. The molecule has 0 aromatic rings. The summed E-state index contributed by atoms with van der Waals surface area (Å²) in [5, 5.41) is 0. The lowest BCUT2D eigenvalue weighted by Gasteiger charge is -2.27. The highest BCUT2D eigenvalue weighted by molar-refractivity contribution is 5.75. The smallest absolute Gasteiger partial charge is 0.410 e. The number of hydrogen-bond acceptors (Lipinski definition) is 3. The van der Waals surface area contributed by atoms with Crippen molar-refractivity contribution in [1.29, 1.82) is 0 Å². The zero-order valence-electron chi connectivity index (χ0n) is 13.9. The Morgan fingerprint density at radius 1 is 0.864 bits per heavy atom. The van der Waals surface area contributed by atoms with Crippen LogP contribution in [0.3, 0.4) is 0 Å². The van der Waals surface area contributed by atoms with Gasteiger partial charge in [-0.3, -0.25) is 0 Å². The van der Waals surface area contributed by atoms with E-state index in [4.69, 9.17) is 4.74 Å². The van der Waals surface area contributed by atoms with Crippen molar-refractivity contribution in [3.05, 3.63) is 0 Å². The first-order chi connectivity index (χ1) is 10.3. The molecule has 124 valence electrons. The monoisotopic (exact) mass is 309 g/mol. The highest BCUT2D eigenvalue weighted by atomic mass is 16.6. The van der Waals surface area contributed by atoms with E-state index >= 15 is 0 Å². The Bertz CT molecular complexity index is 440. The summed E-state index contributed by atoms with van der Waals surface area (Å²) in [4.78, 5) is 30.3. The predicted molar refractivity (Wildman–Crippen MR) is 82.6 cm³/mol. The van der Waals surface area contributed by atoms with Gasteiger partial charge in [0, 0.05) is 51.1 Å². The van der Waals surface area contributed by atoms with Gasteiger partial charge in [-0.15, -0.1) is 0 Å². The van der Waals surface area contributed by atoms with Gasteiger partial charge >= 0.3 is 12.1 Å². The van der Waals surface area contributed by atoms with Crippen molar-refractivity contribution >= 4 is 12.1 Å². The second-order valence-electron chi connectivity index (χ2n) is 7.79. The van der Waals surface area contributed by atoms with Gasteiger partial charge in [0.05, 0.1) is 0 Å². The number of carbonyl (C=O) groups is 2. The fraction of sp³-hybridized carbons (Fsp3) is 0.875. The molecule has 0 aliphatic carbocycles. The van der Waals surface area contributed by atoms with Crippen LogP contribution in [0.15, 0.2) is 0 Å². The number of hydrogen-bond donors (Lipinski definition) is 0. The van der Waals surface area contributed by atoms with E-state index in [1.54, 1.807) is 4.90 Å². The number of ether oxygens (including phenoxy) is 1. The molecule has 0 radical (unpaired) electrons. The molecule has 2 unspecified atom stereocenters. The number of likely N-dealkylation sites (tertiary alicyclic amines) is 3. The van der Waals surface area contributed by atoms with Crippen LogP contribution in [0.5, 0.6) is 0 Å². The molecule has 6 nitrogen and oxygen atoms in total. The van der Waals surface area contributed by atoms with Crippen LogP contribution >= 0.6 is 0 Å². The summed E-state index contributed by atoms with van der Waals surface area (Å²) < 4.78 is 5.44. The van der Waals surface area contributed by atoms with Crippen LogP contribution in [-0.4, -0.2) is 71.7 Å². The predicted octanol–water partition coefficient (Wildman–Crippen LogP) is 2.00. The van der Waals surface area contributed by atoms with Crippen LogP contribution in [0.25, 0.3) is 0 Å². The minimum atomic E-state index is -0.452. The van der Waals surface area contributed by atoms with Crippen molar-refractivity contribution in [1.82, 2.24) is 14.7 Å². The number of fused-ring (bicyclic) bond motifs is 1. The van der Waals surface area contributed by atoms with Crippen LogP contribution in [0.4, 0.5) is 9.59 Å². The lowest BCUT2D eigenvalue weighted by molar-refractivity contribution is 0.0276. The average Bonchev–Trinajstić information content (AvgIpc) is 3.11. The van der Waals surface area contributed by atoms with E-state index < -0.39 is 5.60 Å². The number of urea groups is 1. The summed E-state index contributed by atoms with van der Waals surface area (Å²) in [5.74, 6) is 0.804. The average molecular weight is 309 g/mol. The Balaban J connectivity index is 1.52. The van der Waals surface area contributed by atoms with Gasteiger partial charge in [-0.25, -0.2) is 9.59 Å². The molecule has 2 atom stereocenters. The SMILES string of the molecule is CC(C)(C)OC(=O)N1CC2CN(C(=O)N3CCCC3)CC2C1. The summed E-state index contributed by atoms with van der Waals surface area (Å²) in [6.45, 7) is 10.4. The first-order valence-electron chi connectivity index (χ1n) is 8.35. The first-order valence-corrected chi connectivity index (χ1v) is 8.35. The zero-order chi connectivity index (χ0) is 15.9. The van der Waals surface area contributed by atoms with E-state index in [9.17, 15) is 9.59 Å². The maximum Gasteiger partial charge on any atom is 0.410 e. The van der Waals surface area contributed by atoms with Gasteiger partial charge in [0.1, 0.15) is 5.60 Å². The topological polar surface area (TPSA) is 53.1 Å². The molecule has 0 aromatic carbocycles. The maximum absolute atomic E-state index is 12.4. The third-order valence-electron chi connectivity index (χ3n) is 4.79. The Labute approximate surface area is 132 Å². The van der Waals surface area contributed by atoms with Gasteiger partial charge in [-0.05, 0) is 33.6 Å². The van der Waals surface area contributed by atoms with E-state index in [1.807, 2.05) is 30.6 Å². The molecule has 6 heteroatoms. The molecule has 0 aromatic heterocycles. The van der Waals surface area contributed by atoms with Crippen molar-refractivity contribution in [2.75, 3.05) is 39.3 Å². The van der Waals surface area contributed by atoms with Gasteiger partial charge in [0.25, 0.3) is 0 Å². The minimum absolute atomic E-state index is 0.190. The van der Waals surface area contributed by atoms with Crippen molar-refractivity contribution in [3.8, 4) is 0 Å². The van der Waals surface area contributed by atoms with Crippen LogP contribution in [0.1, 0.15) is 33.6 Å². The summed E-state index contributed by atoms with van der Waals surface area (Å²) >= 11 is 0. The largest absolute Gasteiger partial charge is 0.444 e. The third-order valence-corrected chi connectivity index (χ3v) is 4.79. The lowest BCUT2D eigenvalue weighted by Crippen LogP contribution is -2.43. The van der Waals surface area contributed by atoms with E-state index in [0.29, 0.717) is 24.9 Å². The van der Waals surface area contributed by atoms with Crippen molar-refractivity contribution in [3.63, 3.8) is 0 Å². The van der Waals surface area contributed by atoms with Crippen LogP contribution in [-0.2, 0) is 4.74 Å². The second kappa shape index (κ2) is 5.63. The molecule has 3 aliphatic rings. The molecule has 22 heavy (non-hydrogen) atoms. The molecule has 3 saturated heterocycles. The van der Waals surface area contributed by atoms with Gasteiger partial charge in [0.2, 0.25) is 0 Å². The molecular formula is C16H27N3O3. The van der Waals surface area contributed by atoms with Crippen LogP contribution in [0, 0.1) is 11.8 Å². The van der Waals surface area contributed by atoms with Crippen LogP contribution in [0.2, 0.25) is 0 Å². The molecular weight excluding hydrogens is 282 g/mol. The molecule has 0 bridgehead atoms. The fourth-order valence-electron chi connectivity index (χ4n) is 3.73. The van der Waals surface area contributed by atoms with Crippen LogP contribution < -0.4 is 0 Å². The van der Waals surface area contributed by atoms with E-state index in [1.165, 1.54) is 0 Å². The highest BCUT2D eigenvalue weighted by Crippen LogP contribution is 2.32. The Morgan fingerprint density at radius 3 is 1.86 bits per heavy atom. The lowest BCUT2D eigenvalue weighted by atomic mass is 10.0. The summed E-state index contributed by atoms with van der Waals surface area (Å²) in [7, 11) is 0. The molecule has 3 rings (SSSR count). The van der Waals surface area contributed by atoms with Gasteiger partial charge in [-0.1, -0.05) is 0 Å².